The van der Waals surface area contributed by atoms with Crippen LogP contribution >= 0.6 is 0 Å². The molecule has 120 valence electrons. The highest BCUT2D eigenvalue weighted by atomic mass is 16.5. The molecule has 4 heteroatoms. The van der Waals surface area contributed by atoms with E-state index in [9.17, 15) is 0 Å². The molecule has 0 saturated heterocycles. The van der Waals surface area contributed by atoms with Gasteiger partial charge in [0, 0.05) is 30.1 Å². The van der Waals surface area contributed by atoms with Crippen LogP contribution in [-0.4, -0.2) is 25.8 Å². The minimum Gasteiger partial charge on any atom is -0.481 e. The summed E-state index contributed by atoms with van der Waals surface area (Å²) in [5, 5.41) is 18.6. The molecule has 0 aromatic carbocycles. The van der Waals surface area contributed by atoms with Gasteiger partial charge in [-0.25, -0.2) is 0 Å². The van der Waals surface area contributed by atoms with Gasteiger partial charge in [-0.2, -0.15) is 0 Å². The van der Waals surface area contributed by atoms with Crippen LogP contribution in [0.1, 0.15) is 58.8 Å². The van der Waals surface area contributed by atoms with E-state index in [2.05, 4.69) is 18.3 Å². The Morgan fingerprint density at radius 3 is 2.24 bits per heavy atom. The highest BCUT2D eigenvalue weighted by Gasteiger charge is 2.07. The van der Waals surface area contributed by atoms with Crippen molar-refractivity contribution in [1.82, 2.24) is 5.32 Å². The second-order valence-corrected chi connectivity index (χ2v) is 5.18. The summed E-state index contributed by atoms with van der Waals surface area (Å²) < 4.78 is 4.86. The Bertz CT molecular complexity index is 383. The van der Waals surface area contributed by atoms with Gasteiger partial charge >= 0.3 is 0 Å². The molecule has 0 fully saturated rings. The number of hydrogen-bond acceptors (Lipinski definition) is 4. The van der Waals surface area contributed by atoms with Crippen LogP contribution in [0.3, 0.4) is 0 Å². The van der Waals surface area contributed by atoms with Crippen molar-refractivity contribution in [3.8, 4) is 0 Å². The Morgan fingerprint density at radius 1 is 1.10 bits per heavy atom. The molecule has 0 radical (unpaired) electrons. The molecule has 0 aliphatic rings. The molecule has 0 aliphatic heterocycles. The highest BCUT2D eigenvalue weighted by Crippen LogP contribution is 2.13. The van der Waals surface area contributed by atoms with Crippen LogP contribution < -0.4 is 5.32 Å². The van der Waals surface area contributed by atoms with E-state index in [4.69, 9.17) is 15.6 Å². The second kappa shape index (κ2) is 12.2. The summed E-state index contributed by atoms with van der Waals surface area (Å²) in [6, 6.07) is 0. The van der Waals surface area contributed by atoms with Crippen molar-refractivity contribution in [2.45, 2.75) is 58.8 Å². The second-order valence-electron chi connectivity index (χ2n) is 5.18. The van der Waals surface area contributed by atoms with Gasteiger partial charge in [-0.1, -0.05) is 45.1 Å². The van der Waals surface area contributed by atoms with Crippen molar-refractivity contribution in [2.24, 2.45) is 0 Å². The van der Waals surface area contributed by atoms with E-state index in [0.717, 1.165) is 17.7 Å². The molecular formula is C17H31N3O. The van der Waals surface area contributed by atoms with Gasteiger partial charge < -0.3 is 15.5 Å². The van der Waals surface area contributed by atoms with E-state index < -0.39 is 0 Å². The smallest absolute Gasteiger partial charge is 0.206 e. The summed E-state index contributed by atoms with van der Waals surface area (Å²) in [7, 11) is 3.31. The minimum atomic E-state index is 0.0670. The fourth-order valence-electron chi connectivity index (χ4n) is 2.10. The lowest BCUT2D eigenvalue weighted by Crippen LogP contribution is -2.14. The number of unbranched alkanes of at least 4 members (excludes halogenated alkanes) is 6. The molecule has 3 N–H and O–H groups in total. The number of rotatable bonds is 11. The lowest BCUT2D eigenvalue weighted by atomic mass is 10.0. The zero-order valence-electron chi connectivity index (χ0n) is 14.0. The van der Waals surface area contributed by atoms with E-state index in [1.165, 1.54) is 45.6 Å². The summed E-state index contributed by atoms with van der Waals surface area (Å²) >= 11 is 0. The third kappa shape index (κ3) is 9.05. The fraction of sp³-hybridized carbons (Fsp3) is 0.647. The number of likely N-dealkylation sites (N-methyl/N-ethyl adjacent to an activating group) is 1. The SMILES string of the molecule is CCCCCCCCC=C(NC)/C(=C\C(=N)OC)C(C)=N. The van der Waals surface area contributed by atoms with Crippen molar-refractivity contribution in [2.75, 3.05) is 14.2 Å². The number of ether oxygens (including phenoxy) is 1. The summed E-state index contributed by atoms with van der Waals surface area (Å²) in [6.45, 7) is 3.96. The molecule has 0 rings (SSSR count). The van der Waals surface area contributed by atoms with E-state index in [1.807, 2.05) is 7.05 Å². The standard InChI is InChI=1S/C17H31N3O/c1-5-6-7-8-9-10-11-12-16(20-3)15(14(2)18)13-17(19)21-4/h12-13,18-20H,5-11H2,1-4H3/b15-13-,16-12?,18-14?,19-17?. The molecular weight excluding hydrogens is 262 g/mol. The van der Waals surface area contributed by atoms with E-state index in [1.54, 1.807) is 13.0 Å². The molecule has 0 spiro atoms. The molecule has 21 heavy (non-hydrogen) atoms. The van der Waals surface area contributed by atoms with Crippen LogP contribution in [0.2, 0.25) is 0 Å². The third-order valence-corrected chi connectivity index (χ3v) is 3.36. The highest BCUT2D eigenvalue weighted by molar-refractivity contribution is 6.04. The van der Waals surface area contributed by atoms with Gasteiger partial charge in [0.05, 0.1) is 7.11 Å². The maximum atomic E-state index is 7.84. The first-order valence-electron chi connectivity index (χ1n) is 7.84. The van der Waals surface area contributed by atoms with Crippen LogP contribution in [0.15, 0.2) is 23.4 Å². The molecule has 0 bridgehead atoms. The number of allylic oxidation sites excluding steroid dienone is 2. The van der Waals surface area contributed by atoms with Crippen LogP contribution in [0.5, 0.6) is 0 Å². The van der Waals surface area contributed by atoms with Crippen molar-refractivity contribution < 1.29 is 4.74 Å². The Balaban J connectivity index is 4.50. The van der Waals surface area contributed by atoms with Gasteiger partial charge in [0.2, 0.25) is 5.90 Å². The fourth-order valence-corrected chi connectivity index (χ4v) is 2.10. The predicted molar refractivity (Wildman–Crippen MR) is 91.4 cm³/mol. The molecule has 0 aromatic heterocycles. The van der Waals surface area contributed by atoms with Gasteiger partial charge in [0.15, 0.2) is 0 Å². The van der Waals surface area contributed by atoms with E-state index in [0.29, 0.717) is 5.71 Å². The first kappa shape index (κ1) is 19.4. The van der Waals surface area contributed by atoms with E-state index in [-0.39, 0.29) is 5.90 Å². The summed E-state index contributed by atoms with van der Waals surface area (Å²) in [4.78, 5) is 0. The normalized spacial score (nSPS) is 12.2. The van der Waals surface area contributed by atoms with Crippen molar-refractivity contribution in [3.63, 3.8) is 0 Å². The predicted octanol–water partition coefficient (Wildman–Crippen LogP) is 4.43. The Morgan fingerprint density at radius 2 is 1.71 bits per heavy atom. The monoisotopic (exact) mass is 293 g/mol. The molecule has 0 amide bonds. The van der Waals surface area contributed by atoms with Crippen LogP contribution in [0.4, 0.5) is 0 Å². The Kier molecular flexibility index (Phi) is 11.3. The van der Waals surface area contributed by atoms with Gasteiger partial charge in [-0.05, 0) is 19.8 Å². The zero-order valence-corrected chi connectivity index (χ0v) is 14.0. The Hall–Kier alpha value is -1.58. The average molecular weight is 293 g/mol. The van der Waals surface area contributed by atoms with Gasteiger partial charge in [0.25, 0.3) is 0 Å². The van der Waals surface area contributed by atoms with Crippen LogP contribution in [0.25, 0.3) is 0 Å². The molecule has 4 nitrogen and oxygen atoms in total. The van der Waals surface area contributed by atoms with Gasteiger partial charge in [0.1, 0.15) is 0 Å². The summed E-state index contributed by atoms with van der Waals surface area (Å²) in [5.74, 6) is 0.0670. The van der Waals surface area contributed by atoms with Crippen LogP contribution in [-0.2, 0) is 4.74 Å². The largest absolute Gasteiger partial charge is 0.481 e. The molecule has 0 heterocycles. The number of hydrogen-bond donors (Lipinski definition) is 3. The van der Waals surface area contributed by atoms with Crippen molar-refractivity contribution >= 4 is 11.6 Å². The molecule has 0 saturated carbocycles. The molecule has 0 unspecified atom stereocenters. The first-order chi connectivity index (χ1) is 10.1. The maximum absolute atomic E-state index is 7.84. The molecule has 0 aliphatic carbocycles. The lowest BCUT2D eigenvalue weighted by Gasteiger charge is -2.11. The molecule has 0 atom stereocenters. The zero-order chi connectivity index (χ0) is 16.1. The van der Waals surface area contributed by atoms with Crippen molar-refractivity contribution in [1.29, 1.82) is 10.8 Å². The van der Waals surface area contributed by atoms with Gasteiger partial charge in [-0.3, -0.25) is 5.41 Å². The first-order valence-corrected chi connectivity index (χ1v) is 7.84. The Labute approximate surface area is 129 Å². The quantitative estimate of drug-likeness (QED) is 0.228. The average Bonchev–Trinajstić information content (AvgIpc) is 2.47. The maximum Gasteiger partial charge on any atom is 0.206 e. The number of methoxy groups -OCH3 is 1. The van der Waals surface area contributed by atoms with Crippen molar-refractivity contribution in [3.05, 3.63) is 23.4 Å². The van der Waals surface area contributed by atoms with Gasteiger partial charge in [-0.15, -0.1) is 0 Å². The minimum absolute atomic E-state index is 0.0670. The lowest BCUT2D eigenvalue weighted by molar-refractivity contribution is 0.403. The summed E-state index contributed by atoms with van der Waals surface area (Å²) in [5.41, 5.74) is 2.05. The van der Waals surface area contributed by atoms with E-state index >= 15 is 0 Å². The summed E-state index contributed by atoms with van der Waals surface area (Å²) in [6.07, 6.45) is 12.4. The topological polar surface area (TPSA) is 69.0 Å². The third-order valence-electron chi connectivity index (χ3n) is 3.36. The molecule has 0 aromatic rings. The van der Waals surface area contributed by atoms with Crippen LogP contribution in [0, 0.1) is 10.8 Å². The number of nitrogens with one attached hydrogen (secondary N) is 3.